The standard InChI is InChI=1S/C23H18FN5OS2/c1-14(22-25-17-6-3-4-7-18(17)32-22)28(2)23(30)20-26-21(19-8-5-13-31-19)29(27-20)16-11-9-15(24)10-12-16/h3-14H,1-2H3. The zero-order valence-electron chi connectivity index (χ0n) is 17.3. The minimum absolute atomic E-state index is 0.0770. The van der Waals surface area contributed by atoms with Crippen molar-refractivity contribution in [3.63, 3.8) is 0 Å². The first-order valence-corrected chi connectivity index (χ1v) is 11.6. The van der Waals surface area contributed by atoms with E-state index < -0.39 is 0 Å². The van der Waals surface area contributed by atoms with Crippen LogP contribution in [0, 0.1) is 5.82 Å². The summed E-state index contributed by atoms with van der Waals surface area (Å²) in [4.78, 5) is 25.0. The molecule has 1 atom stereocenters. The van der Waals surface area contributed by atoms with E-state index in [1.807, 2.05) is 48.7 Å². The molecule has 160 valence electrons. The molecule has 0 aliphatic heterocycles. The van der Waals surface area contributed by atoms with E-state index in [9.17, 15) is 9.18 Å². The Balaban J connectivity index is 1.50. The highest BCUT2D eigenvalue weighted by Gasteiger charge is 2.27. The van der Waals surface area contributed by atoms with Gasteiger partial charge in [0.1, 0.15) is 10.8 Å². The fourth-order valence-electron chi connectivity index (χ4n) is 3.30. The van der Waals surface area contributed by atoms with Gasteiger partial charge in [0.15, 0.2) is 5.82 Å². The van der Waals surface area contributed by atoms with Crippen LogP contribution in [0.3, 0.4) is 0 Å². The molecular weight excluding hydrogens is 445 g/mol. The van der Waals surface area contributed by atoms with Crippen LogP contribution in [0.25, 0.3) is 26.6 Å². The summed E-state index contributed by atoms with van der Waals surface area (Å²) in [7, 11) is 1.72. The molecule has 0 aliphatic rings. The topological polar surface area (TPSA) is 63.9 Å². The van der Waals surface area contributed by atoms with Crippen molar-refractivity contribution in [2.75, 3.05) is 7.05 Å². The highest BCUT2D eigenvalue weighted by atomic mass is 32.1. The maximum absolute atomic E-state index is 13.4. The number of nitrogens with zero attached hydrogens (tertiary/aromatic N) is 5. The Morgan fingerprint density at radius 2 is 1.84 bits per heavy atom. The molecule has 6 nitrogen and oxygen atoms in total. The average Bonchev–Trinajstić information content (AvgIpc) is 3.56. The smallest absolute Gasteiger partial charge is 0.293 e. The lowest BCUT2D eigenvalue weighted by Crippen LogP contribution is -2.30. The molecule has 32 heavy (non-hydrogen) atoms. The van der Waals surface area contributed by atoms with Gasteiger partial charge in [-0.05, 0) is 54.8 Å². The van der Waals surface area contributed by atoms with Crippen LogP contribution in [-0.2, 0) is 0 Å². The van der Waals surface area contributed by atoms with Gasteiger partial charge in [-0.1, -0.05) is 18.2 Å². The van der Waals surface area contributed by atoms with E-state index in [1.54, 1.807) is 40.1 Å². The van der Waals surface area contributed by atoms with E-state index in [0.717, 1.165) is 20.1 Å². The molecule has 0 aliphatic carbocycles. The van der Waals surface area contributed by atoms with E-state index >= 15 is 0 Å². The molecule has 0 bridgehead atoms. The second-order valence-electron chi connectivity index (χ2n) is 7.24. The van der Waals surface area contributed by atoms with Crippen molar-refractivity contribution in [3.05, 3.63) is 82.7 Å². The van der Waals surface area contributed by atoms with Crippen molar-refractivity contribution in [3.8, 4) is 16.4 Å². The number of halogens is 1. The molecule has 2 aromatic carbocycles. The number of thiazole rings is 1. The van der Waals surface area contributed by atoms with Gasteiger partial charge in [-0.15, -0.1) is 27.8 Å². The van der Waals surface area contributed by atoms with E-state index in [2.05, 4.69) is 15.1 Å². The molecule has 3 aromatic heterocycles. The number of hydrogen-bond acceptors (Lipinski definition) is 6. The predicted molar refractivity (Wildman–Crippen MR) is 125 cm³/mol. The molecule has 0 spiro atoms. The predicted octanol–water partition coefficient (Wildman–Crippen LogP) is 5.58. The summed E-state index contributed by atoms with van der Waals surface area (Å²) in [6, 6.07) is 17.4. The van der Waals surface area contributed by atoms with Crippen LogP contribution in [0.15, 0.2) is 66.0 Å². The van der Waals surface area contributed by atoms with Crippen LogP contribution < -0.4 is 0 Å². The third kappa shape index (κ3) is 3.69. The van der Waals surface area contributed by atoms with E-state index in [1.165, 1.54) is 23.5 Å². The van der Waals surface area contributed by atoms with Crippen LogP contribution in [0.5, 0.6) is 0 Å². The number of para-hydroxylation sites is 1. The molecule has 0 saturated heterocycles. The molecule has 5 aromatic rings. The number of fused-ring (bicyclic) bond motifs is 1. The first-order valence-electron chi connectivity index (χ1n) is 9.91. The van der Waals surface area contributed by atoms with Gasteiger partial charge in [0.2, 0.25) is 5.82 Å². The Labute approximate surface area is 191 Å². The van der Waals surface area contributed by atoms with Crippen molar-refractivity contribution in [1.29, 1.82) is 0 Å². The second-order valence-corrected chi connectivity index (χ2v) is 9.25. The molecule has 3 heterocycles. The van der Waals surface area contributed by atoms with Crippen LogP contribution >= 0.6 is 22.7 Å². The molecule has 1 amide bonds. The summed E-state index contributed by atoms with van der Waals surface area (Å²) in [5, 5.41) is 7.27. The number of hydrogen-bond donors (Lipinski definition) is 0. The molecule has 9 heteroatoms. The number of carbonyl (C=O) groups excluding carboxylic acids is 1. The lowest BCUT2D eigenvalue weighted by Gasteiger charge is -2.21. The van der Waals surface area contributed by atoms with E-state index in [0.29, 0.717) is 11.5 Å². The molecule has 0 N–H and O–H groups in total. The summed E-state index contributed by atoms with van der Waals surface area (Å²) in [5.74, 6) is -0.0353. The first kappa shape index (κ1) is 20.5. The summed E-state index contributed by atoms with van der Waals surface area (Å²) in [6.07, 6.45) is 0. The van der Waals surface area contributed by atoms with Crippen molar-refractivity contribution in [2.45, 2.75) is 13.0 Å². The zero-order valence-corrected chi connectivity index (χ0v) is 18.9. The fraction of sp³-hybridized carbons (Fsp3) is 0.130. The van der Waals surface area contributed by atoms with E-state index in [4.69, 9.17) is 0 Å². The SMILES string of the molecule is CC(c1nc2ccccc2s1)N(C)C(=O)c1nc(-c2cccs2)n(-c2ccc(F)cc2)n1. The Morgan fingerprint density at radius 1 is 1.06 bits per heavy atom. The van der Waals surface area contributed by atoms with Crippen molar-refractivity contribution in [2.24, 2.45) is 0 Å². The highest BCUT2D eigenvalue weighted by molar-refractivity contribution is 7.18. The summed E-state index contributed by atoms with van der Waals surface area (Å²) in [6.45, 7) is 1.94. The van der Waals surface area contributed by atoms with E-state index in [-0.39, 0.29) is 23.6 Å². The fourth-order valence-corrected chi connectivity index (χ4v) is 5.06. The Bertz CT molecular complexity index is 1360. The largest absolute Gasteiger partial charge is 0.330 e. The minimum atomic E-state index is -0.341. The van der Waals surface area contributed by atoms with Gasteiger partial charge < -0.3 is 4.90 Å². The van der Waals surface area contributed by atoms with Crippen molar-refractivity contribution >= 4 is 38.8 Å². The lowest BCUT2D eigenvalue weighted by molar-refractivity contribution is 0.0730. The molecule has 0 radical (unpaired) electrons. The molecule has 5 rings (SSSR count). The van der Waals surface area contributed by atoms with Gasteiger partial charge in [0.25, 0.3) is 5.91 Å². The number of aromatic nitrogens is 4. The van der Waals surface area contributed by atoms with Gasteiger partial charge in [-0.3, -0.25) is 4.79 Å². The third-order valence-electron chi connectivity index (χ3n) is 5.18. The maximum Gasteiger partial charge on any atom is 0.293 e. The third-order valence-corrected chi connectivity index (χ3v) is 7.25. The minimum Gasteiger partial charge on any atom is -0.330 e. The lowest BCUT2D eigenvalue weighted by atomic mass is 10.3. The van der Waals surface area contributed by atoms with Gasteiger partial charge in [-0.25, -0.2) is 19.0 Å². The van der Waals surface area contributed by atoms with Crippen LogP contribution in [0.2, 0.25) is 0 Å². The van der Waals surface area contributed by atoms with Crippen LogP contribution in [0.4, 0.5) is 4.39 Å². The highest BCUT2D eigenvalue weighted by Crippen LogP contribution is 2.30. The summed E-state index contributed by atoms with van der Waals surface area (Å²) in [5.41, 5.74) is 1.54. The van der Waals surface area contributed by atoms with Gasteiger partial charge in [-0.2, -0.15) is 0 Å². The number of benzene rings is 2. The van der Waals surface area contributed by atoms with Gasteiger partial charge in [0.05, 0.1) is 26.8 Å². The summed E-state index contributed by atoms with van der Waals surface area (Å²) >= 11 is 3.06. The Hall–Kier alpha value is -3.43. The zero-order chi connectivity index (χ0) is 22.2. The van der Waals surface area contributed by atoms with Crippen LogP contribution in [-0.4, -0.2) is 37.6 Å². The number of rotatable bonds is 5. The first-order chi connectivity index (χ1) is 15.5. The average molecular weight is 464 g/mol. The maximum atomic E-state index is 13.4. The van der Waals surface area contributed by atoms with Crippen molar-refractivity contribution < 1.29 is 9.18 Å². The van der Waals surface area contributed by atoms with Gasteiger partial charge >= 0.3 is 0 Å². The second kappa shape index (κ2) is 8.25. The molecular formula is C23H18FN5OS2. The monoisotopic (exact) mass is 463 g/mol. The molecule has 0 fully saturated rings. The Kier molecular flexibility index (Phi) is 5.28. The Morgan fingerprint density at radius 3 is 2.56 bits per heavy atom. The molecule has 0 saturated carbocycles. The van der Waals surface area contributed by atoms with Gasteiger partial charge in [0, 0.05) is 7.05 Å². The summed E-state index contributed by atoms with van der Waals surface area (Å²) < 4.78 is 16.1. The quantitative estimate of drug-likeness (QED) is 0.341. The number of amides is 1. The normalized spacial score (nSPS) is 12.2. The van der Waals surface area contributed by atoms with Crippen LogP contribution in [0.1, 0.15) is 28.6 Å². The number of thiophene rings is 1. The van der Waals surface area contributed by atoms with Crippen molar-refractivity contribution in [1.82, 2.24) is 24.6 Å². The molecule has 1 unspecified atom stereocenters. The number of carbonyl (C=O) groups is 1.